The Hall–Kier alpha value is -2.80. The number of oxazole rings is 1. The number of hydrogen-bond donors (Lipinski definition) is 2. The molecule has 8 nitrogen and oxygen atoms in total. The molecule has 0 aliphatic heterocycles. The summed E-state index contributed by atoms with van der Waals surface area (Å²) in [6.07, 6.45) is 4.99. The molecule has 3 aromatic rings. The lowest BCUT2D eigenvalue weighted by molar-refractivity contribution is 0.509. The van der Waals surface area contributed by atoms with Crippen LogP contribution in [-0.2, 0) is 10.0 Å². The smallest absolute Gasteiger partial charge is 0.229 e. The van der Waals surface area contributed by atoms with Crippen molar-refractivity contribution < 1.29 is 12.8 Å². The van der Waals surface area contributed by atoms with Crippen LogP contribution in [0.25, 0.3) is 22.6 Å². The second-order valence-electron chi connectivity index (χ2n) is 7.46. The van der Waals surface area contributed by atoms with E-state index in [0.29, 0.717) is 52.3 Å². The van der Waals surface area contributed by atoms with Gasteiger partial charge in [-0.3, -0.25) is 4.72 Å². The number of nitrogens with one attached hydrogen (secondary N) is 2. The third-order valence-electron chi connectivity index (χ3n) is 4.72. The molecule has 0 bridgehead atoms. The van der Waals surface area contributed by atoms with Crippen molar-refractivity contribution in [3.05, 3.63) is 46.4 Å². The van der Waals surface area contributed by atoms with Gasteiger partial charge >= 0.3 is 0 Å². The fourth-order valence-electron chi connectivity index (χ4n) is 3.17. The summed E-state index contributed by atoms with van der Waals surface area (Å²) in [5, 5.41) is 12.3. The number of rotatable bonds is 8. The summed E-state index contributed by atoms with van der Waals surface area (Å²) in [6.45, 7) is 0.462. The number of anilines is 2. The number of hydrogen-bond acceptors (Lipinski definition) is 7. The van der Waals surface area contributed by atoms with Crippen LogP contribution in [0.4, 0.5) is 11.5 Å². The highest BCUT2D eigenvalue weighted by Crippen LogP contribution is 2.46. The van der Waals surface area contributed by atoms with Crippen LogP contribution >= 0.6 is 23.2 Å². The highest BCUT2D eigenvalue weighted by Gasteiger charge is 2.32. The number of benzene rings is 1. The predicted octanol–water partition coefficient (Wildman–Crippen LogP) is 5.28. The summed E-state index contributed by atoms with van der Waals surface area (Å²) in [6, 6.07) is 8.73. The number of halogens is 2. The van der Waals surface area contributed by atoms with Gasteiger partial charge in [0.05, 0.1) is 29.5 Å². The maximum Gasteiger partial charge on any atom is 0.229 e. The Balaban J connectivity index is 1.82. The maximum absolute atomic E-state index is 11.8. The van der Waals surface area contributed by atoms with Crippen molar-refractivity contribution in [1.29, 1.82) is 5.26 Å². The molecule has 32 heavy (non-hydrogen) atoms. The third kappa shape index (κ3) is 5.15. The van der Waals surface area contributed by atoms with Gasteiger partial charge in [-0.1, -0.05) is 23.2 Å². The quantitative estimate of drug-likeness (QED) is 0.410. The van der Waals surface area contributed by atoms with E-state index in [0.717, 1.165) is 19.1 Å². The second kappa shape index (κ2) is 8.98. The molecule has 1 aliphatic carbocycles. The molecule has 1 fully saturated rings. The molecule has 1 aromatic carbocycles. The lowest BCUT2D eigenvalue weighted by Gasteiger charge is -2.11. The number of aromatic nitrogens is 2. The number of sulfonamides is 1. The van der Waals surface area contributed by atoms with Gasteiger partial charge < -0.3 is 9.73 Å². The minimum absolute atomic E-state index is 0.159. The monoisotopic (exact) mass is 491 g/mol. The number of nitrogens with zero attached hydrogens (tertiary/aromatic N) is 3. The van der Waals surface area contributed by atoms with Gasteiger partial charge in [-0.2, -0.15) is 5.26 Å². The van der Waals surface area contributed by atoms with E-state index in [-0.39, 0.29) is 16.6 Å². The van der Waals surface area contributed by atoms with E-state index < -0.39 is 10.0 Å². The SMILES string of the molecule is CS(=O)(=O)Nc1cc(Cl)cc(-c2nc(C3CC3)oc2-c2ccnc(NCCC#N)c2)c1Cl. The van der Waals surface area contributed by atoms with Gasteiger partial charge in [-0.25, -0.2) is 18.4 Å². The molecule has 0 atom stereocenters. The average molecular weight is 492 g/mol. The number of nitriles is 1. The van der Waals surface area contributed by atoms with Crippen molar-refractivity contribution in [3.63, 3.8) is 0 Å². The summed E-state index contributed by atoms with van der Waals surface area (Å²) in [7, 11) is -3.57. The van der Waals surface area contributed by atoms with E-state index in [2.05, 4.69) is 21.1 Å². The van der Waals surface area contributed by atoms with Crippen LogP contribution in [0.2, 0.25) is 10.0 Å². The highest BCUT2D eigenvalue weighted by atomic mass is 35.5. The normalized spacial score (nSPS) is 13.6. The van der Waals surface area contributed by atoms with Gasteiger partial charge in [0.15, 0.2) is 11.7 Å². The Morgan fingerprint density at radius 1 is 1.28 bits per heavy atom. The lowest BCUT2D eigenvalue weighted by Crippen LogP contribution is -2.10. The van der Waals surface area contributed by atoms with Crippen molar-refractivity contribution in [2.75, 3.05) is 22.8 Å². The van der Waals surface area contributed by atoms with Crippen LogP contribution in [0.3, 0.4) is 0 Å². The first-order chi connectivity index (χ1) is 15.2. The molecule has 2 N–H and O–H groups in total. The van der Waals surface area contributed by atoms with E-state index in [1.165, 1.54) is 6.07 Å². The molecule has 0 amide bonds. The minimum Gasteiger partial charge on any atom is -0.440 e. The van der Waals surface area contributed by atoms with Crippen molar-refractivity contribution in [3.8, 4) is 28.7 Å². The Labute approximate surface area is 195 Å². The van der Waals surface area contributed by atoms with E-state index in [1.807, 2.05) is 0 Å². The summed E-state index contributed by atoms with van der Waals surface area (Å²) < 4.78 is 32.1. The van der Waals surface area contributed by atoms with Gasteiger partial charge in [0.25, 0.3) is 0 Å². The van der Waals surface area contributed by atoms with Gasteiger partial charge in [-0.05, 0) is 37.1 Å². The summed E-state index contributed by atoms with van der Waals surface area (Å²) in [5.41, 5.74) is 1.78. The van der Waals surface area contributed by atoms with Crippen LogP contribution in [0.15, 0.2) is 34.9 Å². The topological polar surface area (TPSA) is 121 Å². The first-order valence-corrected chi connectivity index (χ1v) is 12.4. The molecule has 2 aromatic heterocycles. The van der Waals surface area contributed by atoms with Crippen LogP contribution < -0.4 is 10.0 Å². The van der Waals surface area contributed by atoms with Gasteiger partial charge in [0.2, 0.25) is 10.0 Å². The summed E-state index contributed by atoms with van der Waals surface area (Å²) in [4.78, 5) is 8.97. The van der Waals surface area contributed by atoms with Gasteiger partial charge in [0.1, 0.15) is 11.5 Å². The second-order valence-corrected chi connectivity index (χ2v) is 10.0. The van der Waals surface area contributed by atoms with Crippen LogP contribution in [0.5, 0.6) is 0 Å². The fourth-order valence-corrected chi connectivity index (χ4v) is 4.25. The molecule has 4 rings (SSSR count). The van der Waals surface area contributed by atoms with Crippen molar-refractivity contribution in [2.45, 2.75) is 25.2 Å². The molecular formula is C21H19Cl2N5O3S. The van der Waals surface area contributed by atoms with Gasteiger partial charge in [0, 0.05) is 34.8 Å². The Morgan fingerprint density at radius 2 is 2.06 bits per heavy atom. The molecule has 0 unspecified atom stereocenters. The van der Waals surface area contributed by atoms with E-state index in [9.17, 15) is 8.42 Å². The van der Waals surface area contributed by atoms with E-state index >= 15 is 0 Å². The first-order valence-electron chi connectivity index (χ1n) is 9.80. The minimum atomic E-state index is -3.57. The molecule has 0 spiro atoms. The zero-order valence-corrected chi connectivity index (χ0v) is 19.4. The molecular weight excluding hydrogens is 473 g/mol. The van der Waals surface area contributed by atoms with Crippen LogP contribution in [0, 0.1) is 11.3 Å². The largest absolute Gasteiger partial charge is 0.440 e. The van der Waals surface area contributed by atoms with Crippen LogP contribution in [-0.4, -0.2) is 31.2 Å². The first kappa shape index (κ1) is 22.4. The molecule has 0 radical (unpaired) electrons. The fraction of sp³-hybridized carbons (Fsp3) is 0.286. The summed E-state index contributed by atoms with van der Waals surface area (Å²) in [5.74, 6) is 1.90. The Bertz CT molecular complexity index is 1310. The zero-order valence-electron chi connectivity index (χ0n) is 17.0. The van der Waals surface area contributed by atoms with Crippen molar-refractivity contribution in [2.24, 2.45) is 0 Å². The van der Waals surface area contributed by atoms with Crippen molar-refractivity contribution in [1.82, 2.24) is 9.97 Å². The third-order valence-corrected chi connectivity index (χ3v) is 5.94. The highest BCUT2D eigenvalue weighted by molar-refractivity contribution is 7.92. The number of pyridine rings is 1. The predicted molar refractivity (Wildman–Crippen MR) is 124 cm³/mol. The Kier molecular flexibility index (Phi) is 6.29. The van der Waals surface area contributed by atoms with Gasteiger partial charge in [-0.15, -0.1) is 0 Å². The van der Waals surface area contributed by atoms with E-state index in [4.69, 9.17) is 37.9 Å². The summed E-state index contributed by atoms with van der Waals surface area (Å²) >= 11 is 12.9. The standard InChI is InChI=1S/C21H19Cl2N5O3S/c1-32(29,30)28-16-11-14(22)10-15(18(16)23)19-20(31-21(27-19)12-3-4-12)13-5-8-26-17(9-13)25-7-2-6-24/h5,8-12,28H,2-4,7H2,1H3,(H,25,26). The maximum atomic E-state index is 11.8. The molecule has 2 heterocycles. The Morgan fingerprint density at radius 3 is 2.75 bits per heavy atom. The van der Waals surface area contributed by atoms with E-state index in [1.54, 1.807) is 24.4 Å². The molecule has 166 valence electrons. The molecule has 11 heteroatoms. The zero-order chi connectivity index (χ0) is 22.9. The average Bonchev–Trinajstić information content (AvgIpc) is 3.48. The van der Waals surface area contributed by atoms with Crippen LogP contribution in [0.1, 0.15) is 31.1 Å². The van der Waals surface area contributed by atoms with Crippen molar-refractivity contribution >= 4 is 44.7 Å². The molecule has 1 saturated carbocycles. The molecule has 1 aliphatic rings. The molecule has 0 saturated heterocycles. The lowest BCUT2D eigenvalue weighted by atomic mass is 10.1.